The molecule has 6 N–H and O–H groups in total. The molecular formula is C18H24O12S. The molecule has 2 heterocycles. The Morgan fingerprint density at radius 2 is 1.81 bits per heavy atom. The molecule has 3 aliphatic rings. The predicted octanol–water partition coefficient (Wildman–Crippen LogP) is -1.84. The van der Waals surface area contributed by atoms with E-state index in [1.54, 1.807) is 0 Å². The van der Waals surface area contributed by atoms with Crippen molar-refractivity contribution in [1.82, 2.24) is 0 Å². The highest BCUT2D eigenvalue weighted by atomic mass is 32.2. The van der Waals surface area contributed by atoms with Crippen molar-refractivity contribution in [3.05, 3.63) is 23.5 Å². The highest BCUT2D eigenvalue weighted by Crippen LogP contribution is 2.44. The lowest BCUT2D eigenvalue weighted by molar-refractivity contribution is -0.340. The maximum absolute atomic E-state index is 11.6. The summed E-state index contributed by atoms with van der Waals surface area (Å²) in [6.45, 7) is -0.928. The summed E-state index contributed by atoms with van der Waals surface area (Å²) in [5, 5.41) is 58.7. The van der Waals surface area contributed by atoms with E-state index in [4.69, 9.17) is 18.9 Å². The van der Waals surface area contributed by atoms with Crippen molar-refractivity contribution in [3.63, 3.8) is 0 Å². The molecule has 0 unspecified atom stereocenters. The van der Waals surface area contributed by atoms with Gasteiger partial charge in [-0.2, -0.15) is 0 Å². The van der Waals surface area contributed by atoms with Crippen LogP contribution in [0, 0.1) is 11.8 Å². The number of fused-ring (bicyclic) bond motifs is 1. The van der Waals surface area contributed by atoms with Crippen molar-refractivity contribution < 1.29 is 59.2 Å². The van der Waals surface area contributed by atoms with Gasteiger partial charge in [-0.15, -0.1) is 0 Å². The van der Waals surface area contributed by atoms with Crippen molar-refractivity contribution in [2.24, 2.45) is 11.8 Å². The molecule has 3 rings (SSSR count). The highest BCUT2D eigenvalue weighted by molar-refractivity contribution is 8.12. The second-order valence-electron chi connectivity index (χ2n) is 7.24. The average Bonchev–Trinajstić information content (AvgIpc) is 3.09. The van der Waals surface area contributed by atoms with Crippen molar-refractivity contribution >= 4 is 23.0 Å². The van der Waals surface area contributed by atoms with E-state index >= 15 is 0 Å². The molecule has 9 atom stereocenters. The van der Waals surface area contributed by atoms with Crippen LogP contribution in [0.1, 0.15) is 0 Å². The number of aliphatic hydroxyl groups excluding tert-OH is 5. The first kappa shape index (κ1) is 23.9. The van der Waals surface area contributed by atoms with Crippen LogP contribution in [0.5, 0.6) is 0 Å². The first-order valence-electron chi connectivity index (χ1n) is 9.33. The molecule has 12 nitrogen and oxygen atoms in total. The van der Waals surface area contributed by atoms with Gasteiger partial charge in [-0.1, -0.05) is 6.08 Å². The van der Waals surface area contributed by atoms with E-state index in [9.17, 15) is 40.2 Å². The van der Waals surface area contributed by atoms with Gasteiger partial charge in [-0.25, -0.2) is 9.59 Å². The minimum atomic E-state index is -1.71. The molecule has 1 saturated heterocycles. The van der Waals surface area contributed by atoms with E-state index in [1.807, 2.05) is 0 Å². The Labute approximate surface area is 180 Å². The second-order valence-corrected chi connectivity index (χ2v) is 7.98. The van der Waals surface area contributed by atoms with Crippen LogP contribution in [0.25, 0.3) is 0 Å². The fourth-order valence-electron chi connectivity index (χ4n) is 3.87. The number of rotatable bonds is 6. The summed E-state index contributed by atoms with van der Waals surface area (Å²) in [5.41, 5.74) is 0.106. The Hall–Kier alpha value is -1.71. The maximum Gasteiger partial charge on any atom is 0.367 e. The molecule has 0 bridgehead atoms. The summed E-state index contributed by atoms with van der Waals surface area (Å²) in [6, 6.07) is 0. The summed E-state index contributed by atoms with van der Waals surface area (Å²) in [7, 11) is 0. The Morgan fingerprint density at radius 1 is 1.10 bits per heavy atom. The zero-order valence-electron chi connectivity index (χ0n) is 16.3. The number of carboxylic acids is 1. The van der Waals surface area contributed by atoms with E-state index in [1.165, 1.54) is 12.3 Å². The normalized spacial score (nSPS) is 39.7. The van der Waals surface area contributed by atoms with Crippen molar-refractivity contribution in [2.45, 2.75) is 43.1 Å². The van der Waals surface area contributed by atoms with Crippen LogP contribution < -0.4 is 0 Å². The number of aliphatic hydroxyl groups is 5. The van der Waals surface area contributed by atoms with Crippen LogP contribution >= 0.6 is 11.8 Å². The number of thioether (sulfide) groups is 1. The summed E-state index contributed by atoms with van der Waals surface area (Å²) >= 11 is 0.829. The maximum atomic E-state index is 11.6. The minimum Gasteiger partial charge on any atom is -0.478 e. The van der Waals surface area contributed by atoms with Crippen LogP contribution in [0.2, 0.25) is 0 Å². The number of hydrogen-bond acceptors (Lipinski definition) is 12. The lowest BCUT2D eigenvalue weighted by atomic mass is 9.82. The molecule has 0 radical (unpaired) electrons. The summed E-state index contributed by atoms with van der Waals surface area (Å²) in [6.07, 6.45) is -6.52. The van der Waals surface area contributed by atoms with Crippen LogP contribution in [0.15, 0.2) is 23.5 Å². The molecule has 0 aromatic rings. The second kappa shape index (κ2) is 9.83. The topological polar surface area (TPSA) is 192 Å². The third-order valence-corrected chi connectivity index (χ3v) is 5.89. The highest BCUT2D eigenvalue weighted by Gasteiger charge is 2.52. The molecule has 2 aliphatic heterocycles. The van der Waals surface area contributed by atoms with Gasteiger partial charge in [0, 0.05) is 5.92 Å². The molecule has 0 spiro atoms. The zero-order chi connectivity index (χ0) is 22.9. The van der Waals surface area contributed by atoms with Gasteiger partial charge >= 0.3 is 11.3 Å². The fraction of sp³-hybridized carbons (Fsp3) is 0.667. The molecule has 174 valence electrons. The molecule has 31 heavy (non-hydrogen) atoms. The number of carbonyl (C=O) groups is 2. The molecule has 13 heteroatoms. The minimum absolute atomic E-state index is 0.228. The van der Waals surface area contributed by atoms with Gasteiger partial charge in [-0.3, -0.25) is 0 Å². The number of carbonyl (C=O) groups excluding carboxylic acids is 1. The van der Waals surface area contributed by atoms with Crippen LogP contribution in [-0.2, 0) is 23.7 Å². The van der Waals surface area contributed by atoms with Gasteiger partial charge in [0.15, 0.2) is 6.29 Å². The Balaban J connectivity index is 1.84. The van der Waals surface area contributed by atoms with Crippen LogP contribution in [0.4, 0.5) is 4.79 Å². The average molecular weight is 464 g/mol. The smallest absolute Gasteiger partial charge is 0.367 e. The van der Waals surface area contributed by atoms with E-state index < -0.39 is 72.8 Å². The first-order valence-corrected chi connectivity index (χ1v) is 10.6. The van der Waals surface area contributed by atoms with Crippen molar-refractivity contribution in [3.8, 4) is 0 Å². The van der Waals surface area contributed by atoms with Gasteiger partial charge in [0.05, 0.1) is 30.5 Å². The summed E-state index contributed by atoms with van der Waals surface area (Å²) in [5.74, 6) is -3.24. The molecule has 0 saturated carbocycles. The Bertz CT molecular complexity index is 752. The third-order valence-electron chi connectivity index (χ3n) is 5.44. The zero-order valence-corrected chi connectivity index (χ0v) is 17.1. The van der Waals surface area contributed by atoms with Gasteiger partial charge in [0.2, 0.25) is 6.29 Å². The Morgan fingerprint density at radius 3 is 2.42 bits per heavy atom. The predicted molar refractivity (Wildman–Crippen MR) is 101 cm³/mol. The van der Waals surface area contributed by atoms with Gasteiger partial charge in [0.25, 0.3) is 0 Å². The number of ether oxygens (including phenoxy) is 4. The lowest BCUT2D eigenvalue weighted by Gasteiger charge is -2.43. The van der Waals surface area contributed by atoms with Gasteiger partial charge in [0.1, 0.15) is 31.0 Å². The van der Waals surface area contributed by atoms with Crippen LogP contribution in [-0.4, -0.2) is 104 Å². The number of hydrogen-bond donors (Lipinski definition) is 6. The number of aliphatic carboxylic acids is 1. The molecular weight excluding hydrogens is 440 g/mol. The van der Waals surface area contributed by atoms with E-state index in [-0.39, 0.29) is 12.2 Å². The van der Waals surface area contributed by atoms with Crippen molar-refractivity contribution in [1.29, 1.82) is 0 Å². The van der Waals surface area contributed by atoms with Crippen molar-refractivity contribution in [2.75, 3.05) is 19.5 Å². The van der Waals surface area contributed by atoms with E-state index in [0.29, 0.717) is 5.57 Å². The summed E-state index contributed by atoms with van der Waals surface area (Å²) in [4.78, 5) is 23.1. The monoisotopic (exact) mass is 464 g/mol. The molecule has 1 aliphatic carbocycles. The van der Waals surface area contributed by atoms with Gasteiger partial charge in [-0.05, 0) is 23.6 Å². The third kappa shape index (κ3) is 4.73. The lowest BCUT2D eigenvalue weighted by Crippen LogP contribution is -2.60. The summed E-state index contributed by atoms with van der Waals surface area (Å²) < 4.78 is 21.4. The standard InChI is InChI=1S/C18H24O12S/c1-31-18(26)28-4-6-2-8(20)11-7(15(24)25)5-27-16(10(6)11)30-17-14(23)13(22)12(21)9(3-19)29-17/h2,5,8-14,16-17,19-23H,3-4H2,1H3,(H,24,25)/t8-,9+,10+,11-,12+,13-,14+,16-,17-/m0/s1. The Kier molecular flexibility index (Phi) is 7.59. The molecule has 0 aromatic carbocycles. The van der Waals surface area contributed by atoms with Gasteiger partial charge < -0.3 is 49.6 Å². The quantitative estimate of drug-likeness (QED) is 0.190. The molecule has 0 amide bonds. The SMILES string of the molecule is CSC(=O)OCC1=C[C@H](O)[C@@H]2C(C(=O)O)=CO[C@@H](O[C@@H]3O[C@H](CO)[C@@H](O)[C@H](O)[C@H]3O)[C@H]12. The molecule has 0 aromatic heterocycles. The van der Waals surface area contributed by atoms with Crippen LogP contribution in [0.3, 0.4) is 0 Å². The number of carboxylic acid groups (broad SMARTS) is 1. The largest absolute Gasteiger partial charge is 0.478 e. The van der Waals surface area contributed by atoms with E-state index in [0.717, 1.165) is 18.0 Å². The van der Waals surface area contributed by atoms with E-state index in [2.05, 4.69) is 0 Å². The fourth-order valence-corrected chi connectivity index (χ4v) is 4.05. The molecule has 1 fully saturated rings. The first-order chi connectivity index (χ1) is 14.7.